The quantitative estimate of drug-likeness (QED) is 0.935. The van der Waals surface area contributed by atoms with Crippen LogP contribution in [0.3, 0.4) is 0 Å². The standard InChI is InChI=1S/C17H21N3O2S/c1-11-10-19-17(23-11)13-7-12(16(18)21)8-15(9-13)22-14-3-5-20(2)6-4-14/h7-10,14H,3-6H2,1-2H3,(H2,18,21). The van der Waals surface area contributed by atoms with Gasteiger partial charge in [-0.05, 0) is 45.0 Å². The molecule has 122 valence electrons. The Hall–Kier alpha value is -1.92. The van der Waals surface area contributed by atoms with Crippen molar-refractivity contribution in [1.29, 1.82) is 0 Å². The molecule has 5 nitrogen and oxygen atoms in total. The minimum Gasteiger partial charge on any atom is -0.490 e. The van der Waals surface area contributed by atoms with Crippen molar-refractivity contribution in [1.82, 2.24) is 9.88 Å². The Bertz CT molecular complexity index is 706. The molecule has 0 spiro atoms. The zero-order valence-electron chi connectivity index (χ0n) is 13.4. The first-order valence-electron chi connectivity index (χ1n) is 7.74. The average Bonchev–Trinajstić information content (AvgIpc) is 2.96. The van der Waals surface area contributed by atoms with Gasteiger partial charge in [0.05, 0.1) is 0 Å². The summed E-state index contributed by atoms with van der Waals surface area (Å²) in [5.41, 5.74) is 6.80. The van der Waals surface area contributed by atoms with Gasteiger partial charge in [0.25, 0.3) is 0 Å². The van der Waals surface area contributed by atoms with Crippen molar-refractivity contribution in [2.75, 3.05) is 20.1 Å². The second-order valence-corrected chi connectivity index (χ2v) is 7.24. The van der Waals surface area contributed by atoms with Crippen LogP contribution in [0.15, 0.2) is 24.4 Å². The van der Waals surface area contributed by atoms with Crippen molar-refractivity contribution >= 4 is 17.2 Å². The number of hydrogen-bond donors (Lipinski definition) is 1. The summed E-state index contributed by atoms with van der Waals surface area (Å²) in [6.45, 7) is 4.06. The number of amides is 1. The van der Waals surface area contributed by atoms with Gasteiger partial charge >= 0.3 is 0 Å². The number of aromatic nitrogens is 1. The lowest BCUT2D eigenvalue weighted by Crippen LogP contribution is -2.35. The maximum Gasteiger partial charge on any atom is 0.248 e. The molecule has 1 aliphatic heterocycles. The molecule has 1 fully saturated rings. The first kappa shape index (κ1) is 16.0. The van der Waals surface area contributed by atoms with Crippen LogP contribution in [-0.2, 0) is 0 Å². The number of rotatable bonds is 4. The number of nitrogens with two attached hydrogens (primary N) is 1. The molecule has 3 rings (SSSR count). The van der Waals surface area contributed by atoms with Crippen LogP contribution in [0.5, 0.6) is 5.75 Å². The van der Waals surface area contributed by atoms with Crippen molar-refractivity contribution in [3.63, 3.8) is 0 Å². The van der Waals surface area contributed by atoms with E-state index < -0.39 is 5.91 Å². The van der Waals surface area contributed by atoms with Crippen LogP contribution in [0.1, 0.15) is 28.1 Å². The average molecular weight is 331 g/mol. The molecule has 0 aliphatic carbocycles. The number of ether oxygens (including phenoxy) is 1. The van der Waals surface area contributed by atoms with Crippen molar-refractivity contribution in [2.45, 2.75) is 25.9 Å². The Balaban J connectivity index is 1.87. The van der Waals surface area contributed by atoms with E-state index in [1.54, 1.807) is 23.5 Å². The van der Waals surface area contributed by atoms with Crippen LogP contribution in [0, 0.1) is 6.92 Å². The van der Waals surface area contributed by atoms with Crippen LogP contribution in [0.25, 0.3) is 10.6 Å². The number of primary amides is 1. The van der Waals surface area contributed by atoms with E-state index in [-0.39, 0.29) is 6.10 Å². The van der Waals surface area contributed by atoms with E-state index in [2.05, 4.69) is 16.9 Å². The van der Waals surface area contributed by atoms with E-state index in [4.69, 9.17) is 10.5 Å². The topological polar surface area (TPSA) is 68.4 Å². The van der Waals surface area contributed by atoms with E-state index in [9.17, 15) is 4.79 Å². The minimum absolute atomic E-state index is 0.181. The molecule has 6 heteroatoms. The maximum atomic E-state index is 11.6. The molecule has 23 heavy (non-hydrogen) atoms. The van der Waals surface area contributed by atoms with Crippen LogP contribution in [0.4, 0.5) is 0 Å². The van der Waals surface area contributed by atoms with Gasteiger partial charge in [0.15, 0.2) is 0 Å². The van der Waals surface area contributed by atoms with Gasteiger partial charge < -0.3 is 15.4 Å². The lowest BCUT2D eigenvalue weighted by molar-refractivity contribution is 0.0996. The third kappa shape index (κ3) is 3.89. The second-order valence-electron chi connectivity index (χ2n) is 6.01. The summed E-state index contributed by atoms with van der Waals surface area (Å²) in [4.78, 5) is 19.4. The third-order valence-corrected chi connectivity index (χ3v) is 4.99. The molecule has 1 amide bonds. The highest BCUT2D eigenvalue weighted by Gasteiger charge is 2.19. The summed E-state index contributed by atoms with van der Waals surface area (Å²) in [7, 11) is 2.12. The fourth-order valence-electron chi connectivity index (χ4n) is 2.72. The Morgan fingerprint density at radius 2 is 2.09 bits per heavy atom. The van der Waals surface area contributed by atoms with E-state index in [0.717, 1.165) is 41.4 Å². The zero-order chi connectivity index (χ0) is 16.4. The van der Waals surface area contributed by atoms with Crippen LogP contribution in [0.2, 0.25) is 0 Å². The molecule has 0 bridgehead atoms. The molecule has 1 aromatic heterocycles. The molecule has 0 radical (unpaired) electrons. The fourth-order valence-corrected chi connectivity index (χ4v) is 3.47. The van der Waals surface area contributed by atoms with Crippen LogP contribution >= 0.6 is 11.3 Å². The molecule has 2 aromatic rings. The van der Waals surface area contributed by atoms with E-state index in [1.807, 2.05) is 19.2 Å². The number of likely N-dealkylation sites (tertiary alicyclic amines) is 1. The molecule has 1 aliphatic rings. The first-order valence-corrected chi connectivity index (χ1v) is 8.56. The van der Waals surface area contributed by atoms with E-state index in [1.165, 1.54) is 0 Å². The van der Waals surface area contributed by atoms with E-state index in [0.29, 0.717) is 11.3 Å². The van der Waals surface area contributed by atoms with E-state index >= 15 is 0 Å². The summed E-state index contributed by atoms with van der Waals surface area (Å²) in [5.74, 6) is 0.243. The molecule has 0 saturated carbocycles. The molecular weight excluding hydrogens is 310 g/mol. The molecule has 1 aromatic carbocycles. The smallest absolute Gasteiger partial charge is 0.248 e. The Kier molecular flexibility index (Phi) is 4.63. The number of hydrogen-bond acceptors (Lipinski definition) is 5. The lowest BCUT2D eigenvalue weighted by atomic mass is 10.1. The molecule has 0 atom stereocenters. The van der Waals surface area contributed by atoms with Gasteiger partial charge in [0.2, 0.25) is 5.91 Å². The Morgan fingerprint density at radius 1 is 1.35 bits per heavy atom. The molecule has 2 heterocycles. The molecular formula is C17H21N3O2S. The van der Waals surface area contributed by atoms with Crippen molar-refractivity contribution in [3.05, 3.63) is 34.8 Å². The van der Waals surface area contributed by atoms with Crippen molar-refractivity contribution in [2.24, 2.45) is 5.73 Å². The van der Waals surface area contributed by atoms with Crippen molar-refractivity contribution < 1.29 is 9.53 Å². The second kappa shape index (κ2) is 6.68. The first-order chi connectivity index (χ1) is 11.0. The monoisotopic (exact) mass is 331 g/mol. The highest BCUT2D eigenvalue weighted by molar-refractivity contribution is 7.14. The number of benzene rings is 1. The molecule has 0 unspecified atom stereocenters. The number of aryl methyl sites for hydroxylation is 1. The van der Waals surface area contributed by atoms with Crippen LogP contribution in [-0.4, -0.2) is 42.0 Å². The zero-order valence-corrected chi connectivity index (χ0v) is 14.2. The lowest BCUT2D eigenvalue weighted by Gasteiger charge is -2.29. The predicted molar refractivity (Wildman–Crippen MR) is 92.0 cm³/mol. The highest BCUT2D eigenvalue weighted by atomic mass is 32.1. The van der Waals surface area contributed by atoms with Gasteiger partial charge in [-0.1, -0.05) is 0 Å². The largest absolute Gasteiger partial charge is 0.490 e. The Morgan fingerprint density at radius 3 is 2.70 bits per heavy atom. The number of thiazole rings is 1. The summed E-state index contributed by atoms with van der Waals surface area (Å²) < 4.78 is 6.11. The van der Waals surface area contributed by atoms with Crippen LogP contribution < -0.4 is 10.5 Å². The number of piperidine rings is 1. The molecule has 2 N–H and O–H groups in total. The molecule has 1 saturated heterocycles. The number of carbonyl (C=O) groups is 1. The normalized spacial score (nSPS) is 16.4. The van der Waals surface area contributed by atoms with Gasteiger partial charge in [-0.3, -0.25) is 4.79 Å². The highest BCUT2D eigenvalue weighted by Crippen LogP contribution is 2.30. The SMILES string of the molecule is Cc1cnc(-c2cc(OC3CCN(C)CC3)cc(C(N)=O)c2)s1. The van der Waals surface area contributed by atoms with Gasteiger partial charge in [-0.2, -0.15) is 0 Å². The summed E-state index contributed by atoms with van der Waals surface area (Å²) >= 11 is 1.59. The minimum atomic E-state index is -0.451. The predicted octanol–water partition coefficient (Wildman–Crippen LogP) is 2.69. The number of carbonyl (C=O) groups excluding carboxylic acids is 1. The summed E-state index contributed by atoms with van der Waals surface area (Å²) in [6.07, 6.45) is 3.99. The third-order valence-electron chi connectivity index (χ3n) is 4.03. The number of nitrogens with zero attached hydrogens (tertiary/aromatic N) is 2. The maximum absolute atomic E-state index is 11.6. The van der Waals surface area contributed by atoms with Gasteiger partial charge in [-0.25, -0.2) is 4.98 Å². The Labute approximate surface area is 140 Å². The van der Waals surface area contributed by atoms with Gasteiger partial charge in [-0.15, -0.1) is 11.3 Å². The van der Waals surface area contributed by atoms with Crippen molar-refractivity contribution in [3.8, 4) is 16.3 Å². The summed E-state index contributed by atoms with van der Waals surface area (Å²) in [5, 5.41) is 0.874. The van der Waals surface area contributed by atoms with Gasteiger partial charge in [0.1, 0.15) is 16.9 Å². The fraction of sp³-hybridized carbons (Fsp3) is 0.412. The van der Waals surface area contributed by atoms with Gasteiger partial charge in [0, 0.05) is 35.3 Å². The summed E-state index contributed by atoms with van der Waals surface area (Å²) in [6, 6.07) is 5.45.